The van der Waals surface area contributed by atoms with Crippen molar-refractivity contribution in [2.75, 3.05) is 7.11 Å². The molecule has 5 rings (SSSR count). The molecule has 0 unspecified atom stereocenters. The van der Waals surface area contributed by atoms with Gasteiger partial charge in [0.15, 0.2) is 17.0 Å². The van der Waals surface area contributed by atoms with Crippen LogP contribution in [0.1, 0.15) is 5.69 Å². The van der Waals surface area contributed by atoms with Crippen LogP contribution in [0.4, 0.5) is 0 Å². The quantitative estimate of drug-likeness (QED) is 0.408. The number of carbonyl (C=O) groups is 1. The average Bonchev–Trinajstić information content (AvgIpc) is 3.46. The maximum atomic E-state index is 11.9. The van der Waals surface area contributed by atoms with E-state index in [0.717, 1.165) is 10.6 Å². The Hall–Kier alpha value is -3.37. The number of aromatic nitrogens is 7. The normalized spacial score (nSPS) is 11.4. The zero-order valence-corrected chi connectivity index (χ0v) is 16.6. The minimum atomic E-state index is -0.424. The zero-order valence-electron chi connectivity index (χ0n) is 15.0. The molecule has 0 spiro atoms. The van der Waals surface area contributed by atoms with E-state index >= 15 is 0 Å². The summed E-state index contributed by atoms with van der Waals surface area (Å²) in [5, 5.41) is 20.2. The molecule has 11 heteroatoms. The van der Waals surface area contributed by atoms with Crippen LogP contribution in [0.25, 0.3) is 33.3 Å². The van der Waals surface area contributed by atoms with Crippen LogP contribution in [-0.4, -0.2) is 47.7 Å². The van der Waals surface area contributed by atoms with Crippen LogP contribution in [0.2, 0.25) is 5.02 Å². The number of hydrogen-bond acceptors (Lipinski definition) is 8. The summed E-state index contributed by atoms with van der Waals surface area (Å²) < 4.78 is 8.02. The number of rotatable bonds is 4. The monoisotopic (exact) mass is 425 g/mol. The first-order chi connectivity index (χ1) is 14.1. The number of carbonyl (C=O) groups excluding carboxylic acids is 1. The number of thiophene rings is 1. The highest BCUT2D eigenvalue weighted by atomic mass is 35.5. The second-order valence-electron chi connectivity index (χ2n) is 6.08. The largest absolute Gasteiger partial charge is 0.469 e. The molecule has 0 fully saturated rings. The summed E-state index contributed by atoms with van der Waals surface area (Å²) in [6.45, 7) is 0. The van der Waals surface area contributed by atoms with Crippen LogP contribution >= 0.6 is 22.9 Å². The van der Waals surface area contributed by atoms with Gasteiger partial charge in [0.05, 0.1) is 24.1 Å². The Morgan fingerprint density at radius 2 is 2.00 bits per heavy atom. The Balaban J connectivity index is 1.79. The molecule has 0 aliphatic carbocycles. The summed E-state index contributed by atoms with van der Waals surface area (Å²) in [5.74, 6) is 0.452. The molecule has 0 aliphatic heterocycles. The lowest BCUT2D eigenvalue weighted by Crippen LogP contribution is -2.06. The van der Waals surface area contributed by atoms with E-state index in [4.69, 9.17) is 16.3 Å². The van der Waals surface area contributed by atoms with E-state index < -0.39 is 5.97 Å². The first kappa shape index (κ1) is 17.7. The van der Waals surface area contributed by atoms with Crippen LogP contribution in [-0.2, 0) is 16.0 Å². The van der Waals surface area contributed by atoms with Crippen molar-refractivity contribution < 1.29 is 9.53 Å². The predicted octanol–water partition coefficient (Wildman–Crippen LogP) is 2.96. The first-order valence-corrected chi connectivity index (χ1v) is 9.77. The van der Waals surface area contributed by atoms with Gasteiger partial charge in [-0.2, -0.15) is 14.6 Å². The van der Waals surface area contributed by atoms with Gasteiger partial charge in [-0.3, -0.25) is 4.79 Å². The standard InChI is InChI=1S/C18H12ClN7O2S/c1-28-14(27)9-12-15-17(25(23-12)11-6-4-10(19)5-7-11)26-18(22-21-15)20-16(24-26)13-3-2-8-29-13/h2-8H,9H2,1H3. The summed E-state index contributed by atoms with van der Waals surface area (Å²) in [6.07, 6.45) is -0.0414. The van der Waals surface area contributed by atoms with Crippen molar-refractivity contribution in [1.29, 1.82) is 0 Å². The van der Waals surface area contributed by atoms with E-state index in [1.165, 1.54) is 18.4 Å². The van der Waals surface area contributed by atoms with E-state index in [1.54, 1.807) is 21.3 Å². The van der Waals surface area contributed by atoms with Gasteiger partial charge in [-0.15, -0.1) is 26.6 Å². The molecule has 144 valence electrons. The van der Waals surface area contributed by atoms with Gasteiger partial charge in [-0.1, -0.05) is 17.7 Å². The molecule has 4 heterocycles. The molecule has 0 saturated carbocycles. The third-order valence-corrected chi connectivity index (χ3v) is 5.41. The zero-order chi connectivity index (χ0) is 20.0. The van der Waals surface area contributed by atoms with Crippen LogP contribution in [0, 0.1) is 0 Å². The van der Waals surface area contributed by atoms with Gasteiger partial charge in [0.25, 0.3) is 5.78 Å². The minimum absolute atomic E-state index is 0.0414. The van der Waals surface area contributed by atoms with Crippen molar-refractivity contribution in [1.82, 2.24) is 34.6 Å². The highest BCUT2D eigenvalue weighted by molar-refractivity contribution is 7.13. The number of fused-ring (bicyclic) bond motifs is 3. The Kier molecular flexibility index (Phi) is 4.22. The smallest absolute Gasteiger partial charge is 0.311 e. The van der Waals surface area contributed by atoms with Crippen LogP contribution in [0.15, 0.2) is 41.8 Å². The molecule has 4 aromatic heterocycles. The molecular weight excluding hydrogens is 414 g/mol. The lowest BCUT2D eigenvalue weighted by Gasteiger charge is -2.03. The fourth-order valence-electron chi connectivity index (χ4n) is 2.94. The summed E-state index contributed by atoms with van der Waals surface area (Å²) >= 11 is 7.56. The van der Waals surface area contributed by atoms with Crippen molar-refractivity contribution in [2.24, 2.45) is 0 Å². The molecule has 0 N–H and O–H groups in total. The summed E-state index contributed by atoms with van der Waals surface area (Å²) in [4.78, 5) is 17.3. The molecule has 0 radical (unpaired) electrons. The Bertz CT molecular complexity index is 1340. The number of benzene rings is 1. The lowest BCUT2D eigenvalue weighted by molar-refractivity contribution is -0.139. The molecule has 29 heavy (non-hydrogen) atoms. The molecule has 9 nitrogen and oxygen atoms in total. The Morgan fingerprint density at radius 1 is 1.17 bits per heavy atom. The van der Waals surface area contributed by atoms with Gasteiger partial charge >= 0.3 is 5.97 Å². The van der Waals surface area contributed by atoms with Crippen molar-refractivity contribution in [3.8, 4) is 16.4 Å². The predicted molar refractivity (Wildman–Crippen MR) is 107 cm³/mol. The molecular formula is C18H12ClN7O2S. The van der Waals surface area contributed by atoms with E-state index in [2.05, 4.69) is 25.4 Å². The molecule has 5 aromatic rings. The van der Waals surface area contributed by atoms with Gasteiger partial charge in [0.2, 0.25) is 0 Å². The highest BCUT2D eigenvalue weighted by Crippen LogP contribution is 2.25. The van der Waals surface area contributed by atoms with Gasteiger partial charge in [0.1, 0.15) is 5.69 Å². The fourth-order valence-corrected chi connectivity index (χ4v) is 3.72. The second-order valence-corrected chi connectivity index (χ2v) is 7.47. The van der Waals surface area contributed by atoms with Crippen molar-refractivity contribution >= 4 is 45.8 Å². The Labute approximate surface area is 172 Å². The molecule has 0 aliphatic rings. The molecule has 1 aromatic carbocycles. The summed E-state index contributed by atoms with van der Waals surface area (Å²) in [5.41, 5.74) is 2.16. The van der Waals surface area contributed by atoms with E-state index in [1.807, 2.05) is 29.6 Å². The topological polar surface area (TPSA) is 100 Å². The van der Waals surface area contributed by atoms with Crippen molar-refractivity contribution in [3.63, 3.8) is 0 Å². The van der Waals surface area contributed by atoms with Crippen LogP contribution in [0.3, 0.4) is 0 Å². The minimum Gasteiger partial charge on any atom is -0.469 e. The number of halogens is 1. The molecule has 0 atom stereocenters. The SMILES string of the molecule is COC(=O)Cc1nn(-c2ccc(Cl)cc2)c2c1nnc1nc(-c3cccs3)nn12. The maximum Gasteiger partial charge on any atom is 0.311 e. The Morgan fingerprint density at radius 3 is 2.72 bits per heavy atom. The maximum absolute atomic E-state index is 11.9. The highest BCUT2D eigenvalue weighted by Gasteiger charge is 2.22. The van der Waals surface area contributed by atoms with E-state index in [-0.39, 0.29) is 6.42 Å². The van der Waals surface area contributed by atoms with Crippen molar-refractivity contribution in [2.45, 2.75) is 6.42 Å². The average molecular weight is 426 g/mol. The molecule has 0 amide bonds. The lowest BCUT2D eigenvalue weighted by atomic mass is 10.3. The van der Waals surface area contributed by atoms with Gasteiger partial charge in [-0.25, -0.2) is 4.68 Å². The third-order valence-electron chi connectivity index (χ3n) is 4.29. The van der Waals surface area contributed by atoms with E-state index in [9.17, 15) is 4.79 Å². The van der Waals surface area contributed by atoms with Crippen LogP contribution < -0.4 is 0 Å². The number of esters is 1. The van der Waals surface area contributed by atoms with Gasteiger partial charge in [0, 0.05) is 5.02 Å². The molecule has 0 bridgehead atoms. The van der Waals surface area contributed by atoms with Gasteiger partial charge < -0.3 is 4.74 Å². The third kappa shape index (κ3) is 3.02. The number of ether oxygens (including phenoxy) is 1. The number of nitrogens with zero attached hydrogens (tertiary/aromatic N) is 7. The van der Waals surface area contributed by atoms with Crippen molar-refractivity contribution in [3.05, 3.63) is 52.5 Å². The molecule has 0 saturated heterocycles. The van der Waals surface area contributed by atoms with Crippen LogP contribution in [0.5, 0.6) is 0 Å². The fraction of sp³-hybridized carbons (Fsp3) is 0.111. The summed E-state index contributed by atoms with van der Waals surface area (Å²) in [6, 6.07) is 11.0. The van der Waals surface area contributed by atoms with Gasteiger partial charge in [-0.05, 0) is 35.7 Å². The summed E-state index contributed by atoms with van der Waals surface area (Å²) in [7, 11) is 1.33. The van der Waals surface area contributed by atoms with E-state index in [0.29, 0.717) is 33.5 Å². The first-order valence-electron chi connectivity index (χ1n) is 8.52. The second kappa shape index (κ2) is 6.90. The number of methoxy groups -OCH3 is 1. The number of hydrogen-bond donors (Lipinski definition) is 0.